The maximum atomic E-state index is 13.0. The number of esters is 1. The van der Waals surface area contributed by atoms with E-state index in [1.54, 1.807) is 19.1 Å². The van der Waals surface area contributed by atoms with Gasteiger partial charge in [0.15, 0.2) is 0 Å². The monoisotopic (exact) mass is 395 g/mol. The molecule has 0 fully saturated rings. The van der Waals surface area contributed by atoms with E-state index in [1.807, 2.05) is 11.4 Å². The topological polar surface area (TPSA) is 57.0 Å². The van der Waals surface area contributed by atoms with Crippen LogP contribution in [0.25, 0.3) is 5.69 Å². The molecule has 1 aromatic carbocycles. The fourth-order valence-corrected chi connectivity index (χ4v) is 3.13. The normalized spacial score (nSPS) is 10.7. The quantitative estimate of drug-likeness (QED) is 0.628. The molecule has 5 nitrogen and oxygen atoms in total. The van der Waals surface area contributed by atoms with Crippen molar-refractivity contribution >= 4 is 33.2 Å². The average molecular weight is 396 g/mol. The van der Waals surface area contributed by atoms with Gasteiger partial charge in [0.2, 0.25) is 0 Å². The minimum absolute atomic E-state index is 0.0267. The second kappa shape index (κ2) is 6.59. The Morgan fingerprint density at radius 3 is 2.78 bits per heavy atom. The molecule has 0 atom stereocenters. The average Bonchev–Trinajstić information content (AvgIpc) is 3.12. The van der Waals surface area contributed by atoms with Crippen molar-refractivity contribution in [1.29, 1.82) is 0 Å². The van der Waals surface area contributed by atoms with Crippen molar-refractivity contribution in [2.75, 3.05) is 0 Å². The molecular weight excluding hydrogens is 385 g/mol. The van der Waals surface area contributed by atoms with E-state index in [-0.39, 0.29) is 18.2 Å². The lowest BCUT2D eigenvalue weighted by atomic mass is 10.3. The van der Waals surface area contributed by atoms with E-state index < -0.39 is 5.97 Å². The third kappa shape index (κ3) is 3.65. The molecule has 3 aromatic rings. The van der Waals surface area contributed by atoms with Crippen LogP contribution in [0.4, 0.5) is 4.39 Å². The van der Waals surface area contributed by atoms with Crippen molar-refractivity contribution in [1.82, 2.24) is 14.8 Å². The Kier molecular flexibility index (Phi) is 4.53. The van der Waals surface area contributed by atoms with E-state index >= 15 is 0 Å². The first-order valence-corrected chi connectivity index (χ1v) is 8.30. The van der Waals surface area contributed by atoms with Gasteiger partial charge in [-0.3, -0.25) is 0 Å². The molecule has 0 saturated carbocycles. The van der Waals surface area contributed by atoms with Crippen LogP contribution in [0.15, 0.2) is 39.5 Å². The van der Waals surface area contributed by atoms with Crippen LogP contribution in [0.5, 0.6) is 0 Å². The molecule has 2 aromatic heterocycles. The van der Waals surface area contributed by atoms with Crippen LogP contribution in [0, 0.1) is 12.7 Å². The maximum Gasteiger partial charge on any atom is 0.378 e. The molecule has 0 spiro atoms. The molecule has 0 saturated heterocycles. The molecule has 2 heterocycles. The lowest BCUT2D eigenvalue weighted by molar-refractivity contribution is 0.0458. The molecule has 118 valence electrons. The van der Waals surface area contributed by atoms with E-state index in [2.05, 4.69) is 26.0 Å². The van der Waals surface area contributed by atoms with Gasteiger partial charge < -0.3 is 4.74 Å². The van der Waals surface area contributed by atoms with E-state index in [0.717, 1.165) is 9.35 Å². The van der Waals surface area contributed by atoms with Crippen molar-refractivity contribution < 1.29 is 13.9 Å². The number of carbonyl (C=O) groups is 1. The number of benzene rings is 1. The first kappa shape index (κ1) is 15.8. The van der Waals surface area contributed by atoms with Gasteiger partial charge in [-0.1, -0.05) is 0 Å². The Hall–Kier alpha value is -2.06. The molecule has 0 N–H and O–H groups in total. The first-order chi connectivity index (χ1) is 11.0. The number of nitrogens with zero attached hydrogens (tertiary/aromatic N) is 3. The van der Waals surface area contributed by atoms with E-state index in [1.165, 1.54) is 28.2 Å². The molecule has 0 aliphatic carbocycles. The number of rotatable bonds is 4. The predicted octanol–water partition coefficient (Wildman–Crippen LogP) is 3.90. The largest absolute Gasteiger partial charge is 0.455 e. The highest BCUT2D eigenvalue weighted by molar-refractivity contribution is 9.11. The van der Waals surface area contributed by atoms with Crippen LogP contribution in [-0.4, -0.2) is 20.7 Å². The summed E-state index contributed by atoms with van der Waals surface area (Å²) in [5.41, 5.74) is 1.52. The van der Waals surface area contributed by atoms with Gasteiger partial charge >= 0.3 is 5.97 Å². The number of carbonyl (C=O) groups excluding carboxylic acids is 1. The summed E-state index contributed by atoms with van der Waals surface area (Å²) in [7, 11) is 0. The van der Waals surface area contributed by atoms with E-state index in [4.69, 9.17) is 4.74 Å². The van der Waals surface area contributed by atoms with Crippen molar-refractivity contribution in [2.45, 2.75) is 13.5 Å². The molecule has 0 bridgehead atoms. The van der Waals surface area contributed by atoms with Crippen LogP contribution in [0.3, 0.4) is 0 Å². The SMILES string of the molecule is Cc1nc(C(=O)OCc2csc(Br)c2)nn1-c1ccc(F)cc1. The van der Waals surface area contributed by atoms with E-state index in [0.29, 0.717) is 11.5 Å². The number of aromatic nitrogens is 3. The minimum Gasteiger partial charge on any atom is -0.455 e. The zero-order chi connectivity index (χ0) is 16.4. The Morgan fingerprint density at radius 1 is 1.39 bits per heavy atom. The van der Waals surface area contributed by atoms with Crippen molar-refractivity contribution in [3.63, 3.8) is 0 Å². The Morgan fingerprint density at radius 2 is 2.13 bits per heavy atom. The van der Waals surface area contributed by atoms with Crippen molar-refractivity contribution in [3.8, 4) is 5.69 Å². The predicted molar refractivity (Wildman–Crippen MR) is 87.2 cm³/mol. The highest BCUT2D eigenvalue weighted by atomic mass is 79.9. The highest BCUT2D eigenvalue weighted by Gasteiger charge is 2.17. The number of thiophene rings is 1. The number of aryl methyl sites for hydroxylation is 1. The van der Waals surface area contributed by atoms with Gasteiger partial charge in [-0.15, -0.1) is 16.4 Å². The molecule has 0 unspecified atom stereocenters. The van der Waals surface area contributed by atoms with Crippen LogP contribution < -0.4 is 0 Å². The summed E-state index contributed by atoms with van der Waals surface area (Å²) in [6, 6.07) is 7.66. The summed E-state index contributed by atoms with van der Waals surface area (Å²) in [4.78, 5) is 16.2. The lowest BCUT2D eigenvalue weighted by Gasteiger charge is -2.02. The summed E-state index contributed by atoms with van der Waals surface area (Å²) in [6.45, 7) is 1.87. The Labute approximate surface area is 143 Å². The zero-order valence-corrected chi connectivity index (χ0v) is 14.4. The second-order valence-corrected chi connectivity index (χ2v) is 7.00. The number of hydrogen-bond donors (Lipinski definition) is 0. The Bertz CT molecular complexity index is 845. The van der Waals surface area contributed by atoms with Gasteiger partial charge in [-0.25, -0.2) is 18.9 Å². The van der Waals surface area contributed by atoms with Crippen molar-refractivity contribution in [3.05, 3.63) is 62.5 Å². The number of halogens is 2. The number of hydrogen-bond acceptors (Lipinski definition) is 5. The zero-order valence-electron chi connectivity index (χ0n) is 12.0. The van der Waals surface area contributed by atoms with Crippen LogP contribution in [-0.2, 0) is 11.3 Å². The second-order valence-electron chi connectivity index (χ2n) is 4.71. The van der Waals surface area contributed by atoms with Crippen LogP contribution >= 0.6 is 27.3 Å². The molecular formula is C15H11BrFN3O2S. The summed E-state index contributed by atoms with van der Waals surface area (Å²) in [5.74, 6) is -0.452. The smallest absolute Gasteiger partial charge is 0.378 e. The molecule has 23 heavy (non-hydrogen) atoms. The Balaban J connectivity index is 1.74. The molecule has 0 aliphatic rings. The summed E-state index contributed by atoms with van der Waals surface area (Å²) in [5, 5.41) is 6.03. The summed E-state index contributed by atoms with van der Waals surface area (Å²) < 4.78 is 20.6. The first-order valence-electron chi connectivity index (χ1n) is 6.62. The molecule has 3 rings (SSSR count). The fourth-order valence-electron chi connectivity index (χ4n) is 1.94. The lowest BCUT2D eigenvalue weighted by Crippen LogP contribution is -2.08. The maximum absolute atomic E-state index is 13.0. The van der Waals surface area contributed by atoms with Gasteiger partial charge in [-0.05, 0) is 58.6 Å². The summed E-state index contributed by atoms with van der Waals surface area (Å²) >= 11 is 4.87. The molecule has 0 radical (unpaired) electrons. The van der Waals surface area contributed by atoms with Gasteiger partial charge in [0.1, 0.15) is 18.2 Å². The van der Waals surface area contributed by atoms with Crippen LogP contribution in [0.2, 0.25) is 0 Å². The highest BCUT2D eigenvalue weighted by Crippen LogP contribution is 2.21. The van der Waals surface area contributed by atoms with Crippen molar-refractivity contribution in [2.24, 2.45) is 0 Å². The van der Waals surface area contributed by atoms with Gasteiger partial charge in [0, 0.05) is 5.56 Å². The third-order valence-corrected chi connectivity index (χ3v) is 4.57. The fraction of sp³-hybridized carbons (Fsp3) is 0.133. The standard InChI is InChI=1S/C15H11BrFN3O2S/c1-9-18-14(15(21)22-7-10-6-13(16)23-8-10)19-20(9)12-4-2-11(17)3-5-12/h2-6,8H,7H2,1H3. The van der Waals surface area contributed by atoms with Crippen LogP contribution in [0.1, 0.15) is 22.0 Å². The molecule has 0 amide bonds. The molecule has 8 heteroatoms. The van der Waals surface area contributed by atoms with Gasteiger partial charge in [0.05, 0.1) is 9.47 Å². The van der Waals surface area contributed by atoms with Gasteiger partial charge in [-0.2, -0.15) is 0 Å². The summed E-state index contributed by atoms with van der Waals surface area (Å²) in [6.07, 6.45) is 0. The minimum atomic E-state index is -0.601. The third-order valence-electron chi connectivity index (χ3n) is 3.01. The number of ether oxygens (including phenoxy) is 1. The van der Waals surface area contributed by atoms with Gasteiger partial charge in [0.25, 0.3) is 5.82 Å². The molecule has 0 aliphatic heterocycles. The van der Waals surface area contributed by atoms with E-state index in [9.17, 15) is 9.18 Å².